The van der Waals surface area contributed by atoms with Crippen LogP contribution in [0.1, 0.15) is 25.0 Å². The highest BCUT2D eigenvalue weighted by Crippen LogP contribution is 2.25. The molecule has 1 heterocycles. The van der Waals surface area contributed by atoms with Crippen molar-refractivity contribution in [3.8, 4) is 16.9 Å². The van der Waals surface area contributed by atoms with Gasteiger partial charge in [0.2, 0.25) is 0 Å². The molecule has 0 saturated carbocycles. The maximum Gasteiger partial charge on any atom is 0.413 e. The highest BCUT2D eigenvalue weighted by molar-refractivity contribution is 5.71. The van der Waals surface area contributed by atoms with Gasteiger partial charge < -0.3 is 15.2 Å². The second kappa shape index (κ2) is 8.01. The van der Waals surface area contributed by atoms with E-state index in [2.05, 4.69) is 10.3 Å². The number of aromatic nitrogens is 1. The molecule has 0 bridgehead atoms. The first-order valence-corrected chi connectivity index (χ1v) is 8.69. The van der Waals surface area contributed by atoms with Crippen LogP contribution in [0.25, 0.3) is 11.1 Å². The summed E-state index contributed by atoms with van der Waals surface area (Å²) in [7, 11) is 0. The molecular weight excluding hydrogens is 340 g/mol. The van der Waals surface area contributed by atoms with Gasteiger partial charge in [0.1, 0.15) is 0 Å². The van der Waals surface area contributed by atoms with Gasteiger partial charge in [-0.05, 0) is 48.2 Å². The predicted molar refractivity (Wildman–Crippen MR) is 104 cm³/mol. The van der Waals surface area contributed by atoms with E-state index in [0.717, 1.165) is 22.3 Å². The number of pyridine rings is 1. The Labute approximate surface area is 158 Å². The average Bonchev–Trinajstić information content (AvgIpc) is 2.68. The lowest BCUT2D eigenvalue weighted by Gasteiger charge is -2.26. The van der Waals surface area contributed by atoms with Crippen LogP contribution in [0.4, 0.5) is 4.79 Å². The molecule has 1 aromatic heterocycles. The van der Waals surface area contributed by atoms with E-state index in [0.29, 0.717) is 5.75 Å². The minimum absolute atomic E-state index is 0.0359. The van der Waals surface area contributed by atoms with E-state index in [1.165, 1.54) is 6.20 Å². The van der Waals surface area contributed by atoms with E-state index in [4.69, 9.17) is 9.84 Å². The molecule has 0 aliphatic heterocycles. The summed E-state index contributed by atoms with van der Waals surface area (Å²) in [6.45, 7) is 3.87. The number of rotatable bonds is 5. The van der Waals surface area contributed by atoms with Crippen LogP contribution in [0, 0.1) is 0 Å². The zero-order valence-electron chi connectivity index (χ0n) is 15.3. The third kappa shape index (κ3) is 4.71. The summed E-state index contributed by atoms with van der Waals surface area (Å²) in [6.07, 6.45) is 2.58. The predicted octanol–water partition coefficient (Wildman–Crippen LogP) is 4.26. The minimum Gasteiger partial charge on any atom is -0.409 e. The molecule has 3 rings (SSSR count). The van der Waals surface area contributed by atoms with Gasteiger partial charge in [-0.15, -0.1) is 0 Å². The van der Waals surface area contributed by atoms with Crippen molar-refractivity contribution in [2.24, 2.45) is 0 Å². The van der Waals surface area contributed by atoms with Gasteiger partial charge in [0.05, 0.1) is 18.3 Å². The van der Waals surface area contributed by atoms with Crippen molar-refractivity contribution >= 4 is 6.09 Å². The first-order valence-electron chi connectivity index (χ1n) is 8.69. The summed E-state index contributed by atoms with van der Waals surface area (Å²) in [5.41, 5.74) is 3.38. The first-order chi connectivity index (χ1) is 13.0. The van der Waals surface area contributed by atoms with Crippen molar-refractivity contribution in [2.75, 3.05) is 0 Å². The highest BCUT2D eigenvalue weighted by atomic mass is 16.6. The maximum atomic E-state index is 12.2. The zero-order chi connectivity index (χ0) is 19.3. The van der Waals surface area contributed by atoms with Crippen LogP contribution in [0.5, 0.6) is 5.75 Å². The summed E-state index contributed by atoms with van der Waals surface area (Å²) in [5, 5.41) is 12.0. The molecule has 0 unspecified atom stereocenters. The molecule has 0 aliphatic carbocycles. The second-order valence-corrected chi connectivity index (χ2v) is 6.76. The summed E-state index contributed by atoms with van der Waals surface area (Å²) in [5.74, 6) is 0.396. The van der Waals surface area contributed by atoms with Gasteiger partial charge in [-0.2, -0.15) is 0 Å². The topological polar surface area (TPSA) is 71.5 Å². The number of aliphatic hydroxyl groups is 1. The maximum absolute atomic E-state index is 12.2. The van der Waals surface area contributed by atoms with Crippen LogP contribution in [-0.2, 0) is 12.1 Å². The third-order valence-corrected chi connectivity index (χ3v) is 4.34. The van der Waals surface area contributed by atoms with Crippen LogP contribution in [0.2, 0.25) is 0 Å². The van der Waals surface area contributed by atoms with E-state index in [1.54, 1.807) is 18.3 Å². The average molecular weight is 362 g/mol. The molecular formula is C22H22N2O3. The number of hydrogen-bond acceptors (Lipinski definition) is 4. The summed E-state index contributed by atoms with van der Waals surface area (Å²) in [6, 6.07) is 19.2. The molecule has 2 N–H and O–H groups in total. The van der Waals surface area contributed by atoms with Gasteiger partial charge in [0, 0.05) is 6.20 Å². The van der Waals surface area contributed by atoms with Crippen LogP contribution < -0.4 is 10.1 Å². The fourth-order valence-corrected chi connectivity index (χ4v) is 2.75. The standard InChI is InChI=1S/C22H22N2O3/c1-22(2,24-21(26)27-20-4-3-13-23-14-20)19-11-9-18(10-12-19)17-7-5-16(15-25)6-8-17/h3-14,25H,15H2,1-2H3,(H,24,26). The Bertz CT molecular complexity index is 889. The van der Waals surface area contributed by atoms with Gasteiger partial charge in [0.15, 0.2) is 5.75 Å². The quantitative estimate of drug-likeness (QED) is 0.711. The number of ether oxygens (including phenoxy) is 1. The Morgan fingerprint density at radius 1 is 1.04 bits per heavy atom. The SMILES string of the molecule is CC(C)(NC(=O)Oc1cccnc1)c1ccc(-c2ccc(CO)cc2)cc1. The van der Waals surface area contributed by atoms with E-state index in [9.17, 15) is 4.79 Å². The largest absolute Gasteiger partial charge is 0.413 e. The first kappa shape index (κ1) is 18.6. The normalized spacial score (nSPS) is 11.1. The Morgan fingerprint density at radius 2 is 1.67 bits per heavy atom. The highest BCUT2D eigenvalue weighted by Gasteiger charge is 2.24. The number of aliphatic hydroxyl groups excluding tert-OH is 1. The third-order valence-electron chi connectivity index (χ3n) is 4.34. The van der Waals surface area contributed by atoms with E-state index in [-0.39, 0.29) is 6.61 Å². The van der Waals surface area contributed by atoms with Crippen molar-refractivity contribution in [2.45, 2.75) is 26.0 Å². The van der Waals surface area contributed by atoms with Gasteiger partial charge in [0.25, 0.3) is 0 Å². The number of amides is 1. The van der Waals surface area contributed by atoms with E-state index in [1.807, 2.05) is 62.4 Å². The van der Waals surface area contributed by atoms with Crippen molar-refractivity contribution in [1.82, 2.24) is 10.3 Å². The molecule has 138 valence electrons. The number of carbonyl (C=O) groups excluding carboxylic acids is 1. The molecule has 5 nitrogen and oxygen atoms in total. The number of carbonyl (C=O) groups is 1. The number of benzene rings is 2. The van der Waals surface area contributed by atoms with Gasteiger partial charge in [-0.3, -0.25) is 4.98 Å². The fraction of sp³-hybridized carbons (Fsp3) is 0.182. The number of hydrogen-bond donors (Lipinski definition) is 2. The molecule has 3 aromatic rings. The van der Waals surface area contributed by atoms with Crippen LogP contribution in [-0.4, -0.2) is 16.2 Å². The van der Waals surface area contributed by atoms with Gasteiger partial charge in [-0.25, -0.2) is 4.79 Å². The van der Waals surface area contributed by atoms with Crippen molar-refractivity contribution < 1.29 is 14.6 Å². The minimum atomic E-state index is -0.599. The van der Waals surface area contributed by atoms with Crippen molar-refractivity contribution in [3.05, 3.63) is 84.2 Å². The Kier molecular flexibility index (Phi) is 5.52. The summed E-state index contributed by atoms with van der Waals surface area (Å²) in [4.78, 5) is 16.1. The molecule has 0 radical (unpaired) electrons. The number of nitrogens with one attached hydrogen (secondary N) is 1. The van der Waals surface area contributed by atoms with Gasteiger partial charge >= 0.3 is 6.09 Å². The molecule has 1 amide bonds. The molecule has 0 atom stereocenters. The monoisotopic (exact) mass is 362 g/mol. The summed E-state index contributed by atoms with van der Waals surface area (Å²) >= 11 is 0. The van der Waals surface area contributed by atoms with Crippen LogP contribution in [0.15, 0.2) is 73.1 Å². The van der Waals surface area contributed by atoms with E-state index < -0.39 is 11.6 Å². The molecule has 5 heteroatoms. The Balaban J connectivity index is 1.69. The van der Waals surface area contributed by atoms with Crippen molar-refractivity contribution in [3.63, 3.8) is 0 Å². The van der Waals surface area contributed by atoms with Gasteiger partial charge in [-0.1, -0.05) is 48.5 Å². The van der Waals surface area contributed by atoms with Crippen molar-refractivity contribution in [1.29, 1.82) is 0 Å². The summed E-state index contributed by atoms with van der Waals surface area (Å²) < 4.78 is 5.25. The molecule has 0 aliphatic rings. The lowest BCUT2D eigenvalue weighted by molar-refractivity contribution is 0.188. The zero-order valence-corrected chi connectivity index (χ0v) is 15.3. The number of nitrogens with zero attached hydrogens (tertiary/aromatic N) is 1. The molecule has 27 heavy (non-hydrogen) atoms. The lowest BCUT2D eigenvalue weighted by Crippen LogP contribution is -2.42. The second-order valence-electron chi connectivity index (χ2n) is 6.76. The molecule has 0 fully saturated rings. The smallest absolute Gasteiger partial charge is 0.409 e. The molecule has 0 spiro atoms. The molecule has 0 saturated heterocycles. The van der Waals surface area contributed by atoms with Crippen LogP contribution >= 0.6 is 0 Å². The molecule has 2 aromatic carbocycles. The van der Waals surface area contributed by atoms with Crippen LogP contribution in [0.3, 0.4) is 0 Å². The Morgan fingerprint density at radius 3 is 2.22 bits per heavy atom. The lowest BCUT2D eigenvalue weighted by atomic mass is 9.92. The fourth-order valence-electron chi connectivity index (χ4n) is 2.75. The Hall–Kier alpha value is -3.18. The van der Waals surface area contributed by atoms with E-state index >= 15 is 0 Å².